The van der Waals surface area contributed by atoms with Gasteiger partial charge in [0.15, 0.2) is 4.80 Å². The van der Waals surface area contributed by atoms with Gasteiger partial charge in [-0.05, 0) is 30.0 Å². The molecule has 2 aromatic carbocycles. The molecule has 0 spiro atoms. The molecule has 3 aromatic rings. The lowest BCUT2D eigenvalue weighted by atomic mass is 10.2. The average Bonchev–Trinajstić information content (AvgIpc) is 2.99. The van der Waals surface area contributed by atoms with Crippen LogP contribution in [0.2, 0.25) is 0 Å². The predicted molar refractivity (Wildman–Crippen MR) is 114 cm³/mol. The van der Waals surface area contributed by atoms with E-state index < -0.39 is 0 Å². The van der Waals surface area contributed by atoms with Gasteiger partial charge in [0.25, 0.3) is 5.91 Å². The number of fused-ring (bicyclic) bond motifs is 1. The molecule has 1 amide bonds. The van der Waals surface area contributed by atoms with Crippen LogP contribution in [0.4, 0.5) is 0 Å². The topological polar surface area (TPSA) is 34.4 Å². The van der Waals surface area contributed by atoms with Crippen molar-refractivity contribution < 1.29 is 4.79 Å². The van der Waals surface area contributed by atoms with E-state index in [1.54, 1.807) is 23.5 Å². The largest absolute Gasteiger partial charge is 0.305 e. The first kappa shape index (κ1) is 18.8. The van der Waals surface area contributed by atoms with Crippen molar-refractivity contribution in [1.29, 1.82) is 0 Å². The number of benzene rings is 2. The molecule has 26 heavy (non-hydrogen) atoms. The molecule has 0 saturated heterocycles. The van der Waals surface area contributed by atoms with Gasteiger partial charge in [-0.1, -0.05) is 47.6 Å². The number of nitrogens with zero attached hydrogens (tertiary/aromatic N) is 2. The molecule has 0 aliphatic rings. The van der Waals surface area contributed by atoms with E-state index in [9.17, 15) is 4.79 Å². The molecule has 132 valence electrons. The summed E-state index contributed by atoms with van der Waals surface area (Å²) in [6.07, 6.45) is 7.55. The highest BCUT2D eigenvalue weighted by Gasteiger charge is 2.08. The number of carbonyl (C=O) groups is 1. The molecule has 3 nitrogen and oxygen atoms in total. The molecule has 0 N–H and O–H groups in total. The van der Waals surface area contributed by atoms with Crippen molar-refractivity contribution in [3.05, 3.63) is 58.9 Å². The van der Waals surface area contributed by atoms with E-state index in [1.807, 2.05) is 35.1 Å². The van der Waals surface area contributed by atoms with Crippen molar-refractivity contribution in [1.82, 2.24) is 4.57 Å². The molecule has 0 radical (unpaired) electrons. The highest BCUT2D eigenvalue weighted by atomic mass is 32.2. The third kappa shape index (κ3) is 4.61. The summed E-state index contributed by atoms with van der Waals surface area (Å²) in [5, 5.41) is 0. The third-order valence-electron chi connectivity index (χ3n) is 3.70. The molecule has 0 bridgehead atoms. The molecule has 0 atom stereocenters. The Morgan fingerprint density at radius 3 is 2.81 bits per heavy atom. The van der Waals surface area contributed by atoms with Crippen LogP contribution in [0, 0.1) is 12.3 Å². The van der Waals surface area contributed by atoms with E-state index in [-0.39, 0.29) is 5.91 Å². The fourth-order valence-electron chi connectivity index (χ4n) is 2.48. The van der Waals surface area contributed by atoms with Crippen LogP contribution in [0.25, 0.3) is 10.2 Å². The van der Waals surface area contributed by atoms with Crippen molar-refractivity contribution in [2.24, 2.45) is 4.99 Å². The number of carbonyl (C=O) groups excluding carboxylic acids is 1. The Morgan fingerprint density at radius 1 is 1.27 bits per heavy atom. The second kappa shape index (κ2) is 9.13. The van der Waals surface area contributed by atoms with Gasteiger partial charge in [-0.15, -0.1) is 29.9 Å². The molecule has 0 saturated carbocycles. The van der Waals surface area contributed by atoms with Gasteiger partial charge in [0.2, 0.25) is 0 Å². The summed E-state index contributed by atoms with van der Waals surface area (Å²) < 4.78 is 3.03. The number of thiazole rings is 1. The molecule has 0 aliphatic carbocycles. The van der Waals surface area contributed by atoms with E-state index in [0.717, 1.165) is 16.0 Å². The Kier molecular flexibility index (Phi) is 6.62. The van der Waals surface area contributed by atoms with Gasteiger partial charge in [0.05, 0.1) is 22.5 Å². The first-order valence-corrected chi connectivity index (χ1v) is 11.2. The number of hydrogen-bond donors (Lipinski definition) is 0. The number of terminal acetylenes is 1. The molecule has 0 unspecified atom stereocenters. The van der Waals surface area contributed by atoms with Crippen molar-refractivity contribution in [3.8, 4) is 12.3 Å². The smallest absolute Gasteiger partial charge is 0.258 e. The van der Waals surface area contributed by atoms with E-state index in [2.05, 4.69) is 35.2 Å². The number of hydrogen-bond acceptors (Lipinski definition) is 4. The molecule has 1 heterocycles. The van der Waals surface area contributed by atoms with Crippen LogP contribution in [0.5, 0.6) is 0 Å². The first-order chi connectivity index (χ1) is 12.7. The Morgan fingerprint density at radius 2 is 2.08 bits per heavy atom. The quantitative estimate of drug-likeness (QED) is 0.455. The number of thioether (sulfide) groups is 2. The van der Waals surface area contributed by atoms with Crippen LogP contribution in [0.15, 0.2) is 58.4 Å². The minimum Gasteiger partial charge on any atom is -0.305 e. The van der Waals surface area contributed by atoms with Gasteiger partial charge < -0.3 is 4.57 Å². The molecular weight excluding hydrogens is 380 g/mol. The Labute approximate surface area is 165 Å². The highest BCUT2D eigenvalue weighted by molar-refractivity contribution is 7.99. The molecule has 6 heteroatoms. The standard InChI is InChI=1S/C20H18N2OS3/c1-3-11-22-17-10-9-16(24-2)12-18(17)26-20(22)21-19(23)14-25-13-15-7-5-4-6-8-15/h1,4-10,12H,11,13-14H2,2H3. The zero-order valence-corrected chi connectivity index (χ0v) is 16.8. The Balaban J connectivity index is 1.80. The predicted octanol–water partition coefficient (Wildman–Crippen LogP) is 4.42. The van der Waals surface area contributed by atoms with Crippen LogP contribution in [0.3, 0.4) is 0 Å². The minimum atomic E-state index is -0.131. The maximum atomic E-state index is 12.3. The van der Waals surface area contributed by atoms with Gasteiger partial charge in [0.1, 0.15) is 0 Å². The monoisotopic (exact) mass is 398 g/mol. The molecule has 1 aromatic heterocycles. The summed E-state index contributed by atoms with van der Waals surface area (Å²) in [5.41, 5.74) is 2.23. The SMILES string of the molecule is C#CCn1c(=NC(=O)CSCc2ccccc2)sc2cc(SC)ccc21. The minimum absolute atomic E-state index is 0.131. The summed E-state index contributed by atoms with van der Waals surface area (Å²) >= 11 is 4.77. The van der Waals surface area contributed by atoms with Crippen molar-refractivity contribution >= 4 is 51.0 Å². The zero-order chi connectivity index (χ0) is 18.4. The van der Waals surface area contributed by atoms with Crippen LogP contribution in [0.1, 0.15) is 5.56 Å². The van der Waals surface area contributed by atoms with E-state index in [4.69, 9.17) is 6.42 Å². The van der Waals surface area contributed by atoms with E-state index >= 15 is 0 Å². The number of aromatic nitrogens is 1. The Bertz CT molecular complexity index is 1010. The lowest BCUT2D eigenvalue weighted by Gasteiger charge is -2.01. The van der Waals surface area contributed by atoms with Crippen LogP contribution >= 0.6 is 34.9 Å². The maximum Gasteiger partial charge on any atom is 0.258 e. The van der Waals surface area contributed by atoms with Crippen LogP contribution in [-0.4, -0.2) is 22.5 Å². The van der Waals surface area contributed by atoms with Crippen molar-refractivity contribution in [2.75, 3.05) is 12.0 Å². The van der Waals surface area contributed by atoms with Gasteiger partial charge in [0, 0.05) is 10.6 Å². The highest BCUT2D eigenvalue weighted by Crippen LogP contribution is 2.24. The van der Waals surface area contributed by atoms with Crippen LogP contribution in [-0.2, 0) is 17.1 Å². The van der Waals surface area contributed by atoms with E-state index in [0.29, 0.717) is 17.1 Å². The zero-order valence-electron chi connectivity index (χ0n) is 14.3. The second-order valence-corrected chi connectivity index (χ2v) is 8.37. The number of rotatable bonds is 6. The lowest BCUT2D eigenvalue weighted by molar-refractivity contribution is -0.115. The lowest BCUT2D eigenvalue weighted by Crippen LogP contribution is -2.17. The third-order valence-corrected chi connectivity index (χ3v) is 6.45. The molecule has 3 rings (SSSR count). The van der Waals surface area contributed by atoms with Crippen LogP contribution < -0.4 is 4.80 Å². The molecular formula is C20H18N2OS3. The summed E-state index contributed by atoms with van der Waals surface area (Å²) in [6.45, 7) is 0.405. The second-order valence-electron chi connectivity index (χ2n) is 5.49. The van der Waals surface area contributed by atoms with Gasteiger partial charge in [-0.3, -0.25) is 4.79 Å². The van der Waals surface area contributed by atoms with Gasteiger partial charge in [-0.2, -0.15) is 4.99 Å². The number of amides is 1. The summed E-state index contributed by atoms with van der Waals surface area (Å²) in [7, 11) is 0. The van der Waals surface area contributed by atoms with Gasteiger partial charge >= 0.3 is 0 Å². The van der Waals surface area contributed by atoms with E-state index in [1.165, 1.54) is 21.8 Å². The fourth-order valence-corrected chi connectivity index (χ4v) is 4.85. The summed E-state index contributed by atoms with van der Waals surface area (Å²) in [6, 6.07) is 16.3. The molecule has 0 fully saturated rings. The summed E-state index contributed by atoms with van der Waals surface area (Å²) in [5.74, 6) is 3.68. The average molecular weight is 399 g/mol. The fraction of sp³-hybridized carbons (Fsp3) is 0.200. The Hall–Kier alpha value is -1.94. The van der Waals surface area contributed by atoms with Crippen molar-refractivity contribution in [2.45, 2.75) is 17.2 Å². The molecule has 0 aliphatic heterocycles. The maximum absolute atomic E-state index is 12.3. The first-order valence-electron chi connectivity index (χ1n) is 8.01. The van der Waals surface area contributed by atoms with Gasteiger partial charge in [-0.25, -0.2) is 0 Å². The van der Waals surface area contributed by atoms with Crippen molar-refractivity contribution in [3.63, 3.8) is 0 Å². The summed E-state index contributed by atoms with van der Waals surface area (Å²) in [4.78, 5) is 18.5. The normalized spacial score (nSPS) is 11.6.